The molecule has 0 saturated heterocycles. The minimum absolute atomic E-state index is 0.0468. The van der Waals surface area contributed by atoms with Crippen molar-refractivity contribution in [1.82, 2.24) is 39.5 Å². The van der Waals surface area contributed by atoms with E-state index in [2.05, 4.69) is 88.1 Å². The molecule has 0 radical (unpaired) electrons. The van der Waals surface area contributed by atoms with Crippen molar-refractivity contribution in [3.8, 4) is 0 Å². The summed E-state index contributed by atoms with van der Waals surface area (Å²) in [6.07, 6.45) is 8.28. The third-order valence-corrected chi connectivity index (χ3v) is 14.9. The van der Waals surface area contributed by atoms with Gasteiger partial charge >= 0.3 is 0 Å². The van der Waals surface area contributed by atoms with Crippen molar-refractivity contribution in [3.05, 3.63) is 347 Å². The number of fused-ring (bicyclic) bond motifs is 2. The van der Waals surface area contributed by atoms with Gasteiger partial charge in [0.1, 0.15) is 28.8 Å². The molecule has 13 aromatic rings. The molecule has 13 rings (SSSR count). The molecular weight excluding hydrogens is 1000 g/mol. The first kappa shape index (κ1) is 51.1. The number of benzene rings is 9. The molecule has 9 aromatic carbocycles. The number of rotatable bonds is 17. The molecule has 0 amide bonds. The van der Waals surface area contributed by atoms with Crippen LogP contribution in [0.25, 0.3) is 21.8 Å². The Balaban J connectivity index is 0.000000165. The van der Waals surface area contributed by atoms with Crippen LogP contribution in [0.5, 0.6) is 0 Å². The van der Waals surface area contributed by atoms with Gasteiger partial charge in [-0.05, 0) is 62.2 Å². The first-order valence-electron chi connectivity index (χ1n) is 26.8. The Morgan fingerprint density at radius 2 is 0.790 bits per heavy atom. The molecule has 11 nitrogen and oxygen atoms in total. The fourth-order valence-corrected chi connectivity index (χ4v) is 11.3. The number of aldehydes is 1. The maximum atomic E-state index is 14.1. The zero-order valence-electron chi connectivity index (χ0n) is 44.1. The van der Waals surface area contributed by atoms with Gasteiger partial charge in [0.15, 0.2) is 11.6 Å². The average Bonchev–Trinajstić information content (AvgIpc) is 3.67. The lowest BCUT2D eigenvalue weighted by Crippen LogP contribution is -2.38. The number of hydrogen-bond donors (Lipinski definition) is 1. The lowest BCUT2D eigenvalue weighted by molar-refractivity contribution is 0.0980. The van der Waals surface area contributed by atoms with Crippen LogP contribution >= 0.6 is 0 Å². The number of hydrogen-bond acceptors (Lipinski definition) is 7. The van der Waals surface area contributed by atoms with E-state index in [1.807, 2.05) is 185 Å². The normalized spacial score (nSPS) is 11.5. The first-order valence-corrected chi connectivity index (χ1v) is 26.8. The summed E-state index contributed by atoms with van der Waals surface area (Å²) in [5.74, 6) is -0.127. The third-order valence-electron chi connectivity index (χ3n) is 14.9. The van der Waals surface area contributed by atoms with E-state index in [1.165, 1.54) is 0 Å². The molecular formula is C70H54N8O3. The molecule has 0 aliphatic heterocycles. The summed E-state index contributed by atoms with van der Waals surface area (Å²) < 4.78 is 5.87. The zero-order valence-corrected chi connectivity index (χ0v) is 44.1. The first-order chi connectivity index (χ1) is 39.9. The molecule has 0 aliphatic rings. The molecule has 4 aromatic heterocycles. The second-order valence-corrected chi connectivity index (χ2v) is 19.9. The Labute approximate surface area is 468 Å². The van der Waals surface area contributed by atoms with Crippen LogP contribution in [0, 0.1) is 0 Å². The van der Waals surface area contributed by atoms with Crippen LogP contribution in [0.1, 0.15) is 81.4 Å². The summed E-state index contributed by atoms with van der Waals surface area (Å²) in [4.78, 5) is 38.6. The van der Waals surface area contributed by atoms with E-state index in [9.17, 15) is 14.4 Å². The van der Waals surface area contributed by atoms with Gasteiger partial charge in [-0.3, -0.25) is 24.2 Å². The SMILES string of the molecule is O=C(Cc1cn[nH]c1)c1nn(C(c2ccccc2)(c2ccccc2)c2ccccc2)c2ccccc12.O=Cc1ccc(Cn2cc(CC(=O)c3nn(C(c4ccccc4)(c4ccccc4)c4ccccc4)c4ccccc34)cn2)cc1. The number of carbonyl (C=O) groups is 3. The predicted molar refractivity (Wildman–Crippen MR) is 316 cm³/mol. The van der Waals surface area contributed by atoms with Crippen LogP contribution in [-0.2, 0) is 30.5 Å². The molecule has 0 aliphatic carbocycles. The van der Waals surface area contributed by atoms with Crippen LogP contribution < -0.4 is 0 Å². The Morgan fingerprint density at radius 1 is 0.420 bits per heavy atom. The van der Waals surface area contributed by atoms with Crippen LogP contribution in [0.2, 0.25) is 0 Å². The highest BCUT2D eigenvalue weighted by atomic mass is 16.1. The van der Waals surface area contributed by atoms with Gasteiger partial charge in [-0.2, -0.15) is 20.4 Å². The van der Waals surface area contributed by atoms with Crippen molar-refractivity contribution in [2.24, 2.45) is 0 Å². The highest BCUT2D eigenvalue weighted by Crippen LogP contribution is 2.44. The number of H-pyrrole nitrogens is 1. The highest BCUT2D eigenvalue weighted by molar-refractivity contribution is 6.08. The Morgan fingerprint density at radius 3 is 1.16 bits per heavy atom. The number of ketones is 2. The Hall–Kier alpha value is -10.7. The van der Waals surface area contributed by atoms with Crippen molar-refractivity contribution in [1.29, 1.82) is 0 Å². The summed E-state index contributed by atoms with van der Waals surface area (Å²) in [6, 6.07) is 85.5. The van der Waals surface area contributed by atoms with Gasteiger partial charge < -0.3 is 0 Å². The molecule has 0 saturated carbocycles. The van der Waals surface area contributed by atoms with Crippen molar-refractivity contribution < 1.29 is 14.4 Å². The maximum absolute atomic E-state index is 14.1. The standard InChI is InChI=1S/C39H30N4O2.C31H24N4O/c44-28-30-22-20-29(21-23-30)26-42-27-31(25-40-42)24-37(45)38-35-18-10-11-19-36(35)43(41-38)39(32-12-4-1-5-13-32,33-14-6-2-7-15-33)34-16-8-3-9-17-34;36-29(20-23-21-32-33-22-23)30-27-18-10-11-19-28(27)35(34-30)31(24-12-4-1-5-13-24,25-14-6-2-7-15-25)26-16-8-3-9-17-26/h1-23,25,27-28H,24,26H2;1-19,21-22H,20H2,(H,32,33). The van der Waals surface area contributed by atoms with Crippen molar-refractivity contribution >= 4 is 39.7 Å². The van der Waals surface area contributed by atoms with Crippen LogP contribution in [-0.4, -0.2) is 57.4 Å². The van der Waals surface area contributed by atoms with Crippen molar-refractivity contribution in [2.75, 3.05) is 0 Å². The lowest BCUT2D eigenvalue weighted by Gasteiger charge is -2.37. The van der Waals surface area contributed by atoms with Gasteiger partial charge in [0.25, 0.3) is 0 Å². The number of para-hydroxylation sites is 2. The van der Waals surface area contributed by atoms with Crippen molar-refractivity contribution in [3.63, 3.8) is 0 Å². The van der Waals surface area contributed by atoms with E-state index in [0.29, 0.717) is 23.5 Å². The van der Waals surface area contributed by atoms with Crippen LogP contribution in [0.15, 0.2) is 280 Å². The van der Waals surface area contributed by atoms with E-state index in [0.717, 1.165) is 78.2 Å². The number of aromatic amines is 1. The number of carbonyl (C=O) groups excluding carboxylic acids is 3. The van der Waals surface area contributed by atoms with E-state index in [4.69, 9.17) is 10.2 Å². The molecule has 0 atom stereocenters. The molecule has 11 heteroatoms. The maximum Gasteiger partial charge on any atom is 0.188 e. The average molecular weight is 1060 g/mol. The van der Waals surface area contributed by atoms with Crippen LogP contribution in [0.3, 0.4) is 0 Å². The van der Waals surface area contributed by atoms with Gasteiger partial charge in [0.2, 0.25) is 0 Å². The van der Waals surface area contributed by atoms with Gasteiger partial charge in [-0.15, -0.1) is 0 Å². The van der Waals surface area contributed by atoms with Crippen LogP contribution in [0.4, 0.5) is 0 Å². The molecule has 0 bridgehead atoms. The number of Topliss-reactive ketones (excluding diaryl/α,β-unsaturated/α-hetero) is 2. The quantitative estimate of drug-likeness (QED) is 0.0545. The van der Waals surface area contributed by atoms with E-state index >= 15 is 0 Å². The number of nitrogens with one attached hydrogen (secondary N) is 1. The monoisotopic (exact) mass is 1050 g/mol. The molecule has 0 spiro atoms. The minimum atomic E-state index is -0.841. The fourth-order valence-electron chi connectivity index (χ4n) is 11.3. The van der Waals surface area contributed by atoms with E-state index < -0.39 is 11.1 Å². The summed E-state index contributed by atoms with van der Waals surface area (Å²) in [5.41, 5.74) is 10.6. The second kappa shape index (κ2) is 22.7. The number of aromatic nitrogens is 8. The topological polar surface area (TPSA) is 133 Å². The molecule has 0 unspecified atom stereocenters. The highest BCUT2D eigenvalue weighted by Gasteiger charge is 2.43. The summed E-state index contributed by atoms with van der Waals surface area (Å²) >= 11 is 0. The molecule has 1 N–H and O–H groups in total. The van der Waals surface area contributed by atoms with Gasteiger partial charge in [0.05, 0.1) is 30.0 Å². The summed E-state index contributed by atoms with van der Waals surface area (Å²) in [7, 11) is 0. The molecule has 0 fully saturated rings. The van der Waals surface area contributed by atoms with E-state index in [1.54, 1.807) is 35.4 Å². The Bertz CT molecular complexity index is 4040. The predicted octanol–water partition coefficient (Wildman–Crippen LogP) is 13.4. The van der Waals surface area contributed by atoms with Crippen molar-refractivity contribution in [2.45, 2.75) is 30.5 Å². The van der Waals surface area contributed by atoms with Gasteiger partial charge in [-0.25, -0.2) is 9.36 Å². The number of nitrogens with zero attached hydrogens (tertiary/aromatic N) is 7. The fraction of sp³-hybridized carbons (Fsp3) is 0.0714. The molecule has 81 heavy (non-hydrogen) atoms. The summed E-state index contributed by atoms with van der Waals surface area (Å²) in [6.45, 7) is 0.540. The second-order valence-electron chi connectivity index (χ2n) is 19.9. The minimum Gasteiger partial charge on any atom is -0.298 e. The largest absolute Gasteiger partial charge is 0.298 e. The van der Waals surface area contributed by atoms with Gasteiger partial charge in [-0.1, -0.05) is 243 Å². The zero-order chi connectivity index (χ0) is 55.0. The smallest absolute Gasteiger partial charge is 0.188 e. The van der Waals surface area contributed by atoms with Gasteiger partial charge in [0, 0.05) is 41.6 Å². The third kappa shape index (κ3) is 9.78. The summed E-state index contributed by atoms with van der Waals surface area (Å²) in [5, 5.41) is 23.2. The lowest BCUT2D eigenvalue weighted by atomic mass is 9.77. The van der Waals surface area contributed by atoms with E-state index in [-0.39, 0.29) is 24.4 Å². The Kier molecular flexibility index (Phi) is 14.4. The molecule has 392 valence electrons. The molecule has 4 heterocycles.